The quantitative estimate of drug-likeness (QED) is 0.0178. The van der Waals surface area contributed by atoms with E-state index >= 15 is 0 Å². The molecule has 5 N–H and O–H groups in total. The van der Waals surface area contributed by atoms with Gasteiger partial charge in [0.05, 0.1) is 23.2 Å². The van der Waals surface area contributed by atoms with Crippen LogP contribution in [0.25, 0.3) is 0 Å². The number of rotatable bonds is 26. The van der Waals surface area contributed by atoms with E-state index in [1.54, 1.807) is 83.0 Å². The number of carbonyl (C=O) groups excluding carboxylic acids is 5. The predicted molar refractivity (Wildman–Crippen MR) is 304 cm³/mol. The molecule has 0 saturated carbocycles. The van der Waals surface area contributed by atoms with E-state index in [0.29, 0.717) is 74.1 Å². The van der Waals surface area contributed by atoms with Crippen LogP contribution in [0.2, 0.25) is 0 Å². The van der Waals surface area contributed by atoms with E-state index in [1.807, 2.05) is 6.07 Å². The van der Waals surface area contributed by atoms with Crippen molar-refractivity contribution in [1.82, 2.24) is 26.2 Å². The van der Waals surface area contributed by atoms with Gasteiger partial charge in [-0.25, -0.2) is 9.59 Å². The largest absolute Gasteiger partial charge is 0.481 e. The Morgan fingerprint density at radius 1 is 0.625 bits per heavy atom. The summed E-state index contributed by atoms with van der Waals surface area (Å²) in [6.45, 7) is 39.5. The molecule has 0 aliphatic rings. The highest BCUT2D eigenvalue weighted by Gasteiger charge is 2.27. The van der Waals surface area contributed by atoms with Gasteiger partial charge in [-0.15, -0.1) is 0 Å². The van der Waals surface area contributed by atoms with Gasteiger partial charge in [-0.1, -0.05) is 134 Å². The fourth-order valence-corrected chi connectivity index (χ4v) is 10.4. The van der Waals surface area contributed by atoms with Gasteiger partial charge in [-0.3, -0.25) is 24.1 Å². The first-order valence-electron chi connectivity index (χ1n) is 24.6. The molecule has 0 saturated heterocycles. The summed E-state index contributed by atoms with van der Waals surface area (Å²) in [6.07, 6.45) is 2.74. The standard InChI is InChI=1S/C21H37N3O5S2.C19H36N2O5S2.C8H19N.C2H2BrN/c1-15(18(26)28-13-11-22)10-8-9-12-23-17(25)16(14-30-31-21(5,6)7)24-19(27)29-20(2,3)4;1-13(16(23)24)10-8-9-11-20-15(22)14(12-27-28-19(5,6)7)21-17(25)26-18(2,3)4;1-6-9(7(2)3)8(4)5;3-1-2-4/h15-16H,8-10,12-14H2,1-7H3,(H,23,25)(H,24,27);13-14H,8-12H2,1-7H3,(H,20,22)(H,21,25)(H,23,24);7-8H,6H2,1-5H3;1H2/t15-,16-;13-,14-;;/m00../s1. The summed E-state index contributed by atoms with van der Waals surface area (Å²) in [4.78, 5) is 74.2. The Morgan fingerprint density at radius 2 is 0.986 bits per heavy atom. The number of nitriles is 2. The molecule has 4 atom stereocenters. The second-order valence-electron chi connectivity index (χ2n) is 21.1. The number of alkyl carbamates (subject to hydrolysis) is 2. The first-order chi connectivity index (χ1) is 33.0. The van der Waals surface area contributed by atoms with E-state index in [9.17, 15) is 28.8 Å². The van der Waals surface area contributed by atoms with Crippen LogP contribution in [0.15, 0.2) is 0 Å². The van der Waals surface area contributed by atoms with Crippen molar-refractivity contribution in [2.75, 3.05) is 43.1 Å². The van der Waals surface area contributed by atoms with Crippen molar-refractivity contribution in [3.8, 4) is 12.1 Å². The third-order valence-corrected chi connectivity index (χ3v) is 15.6. The molecule has 420 valence electrons. The molecule has 0 bridgehead atoms. The van der Waals surface area contributed by atoms with E-state index in [-0.39, 0.29) is 45.7 Å². The normalized spacial score (nSPS) is 13.1. The van der Waals surface area contributed by atoms with Crippen LogP contribution in [0.1, 0.15) is 170 Å². The number of nitrogens with zero attached hydrogens (tertiary/aromatic N) is 3. The van der Waals surface area contributed by atoms with Crippen molar-refractivity contribution in [2.24, 2.45) is 11.8 Å². The summed E-state index contributed by atoms with van der Waals surface area (Å²) in [6, 6.07) is 3.58. The highest BCUT2D eigenvalue weighted by atomic mass is 79.9. The SMILES string of the molecule is CCN(C(C)C)C(C)C.C[C@@H](CCCCNC(=O)[C@H](CSSC(C)(C)C)NC(=O)OC(C)(C)C)C(=O)O.C[C@@H](CCCCNC(=O)[C@H](CSSC(C)(C)C)NC(=O)OC(C)(C)C)C(=O)OCC#N.N#CCBr. The number of halogens is 1. The molecule has 22 heteroatoms. The predicted octanol–water partition coefficient (Wildman–Crippen LogP) is 11.1. The van der Waals surface area contributed by atoms with Crippen molar-refractivity contribution in [2.45, 2.75) is 215 Å². The Kier molecular flexibility index (Phi) is 43.6. The van der Waals surface area contributed by atoms with E-state index in [2.05, 4.69) is 118 Å². The molecule has 0 aromatic rings. The van der Waals surface area contributed by atoms with Gasteiger partial charge in [0.2, 0.25) is 11.8 Å². The highest BCUT2D eigenvalue weighted by Crippen LogP contribution is 2.36. The molecule has 4 amide bonds. The number of carbonyl (C=O) groups is 6. The van der Waals surface area contributed by atoms with Crippen LogP contribution >= 0.6 is 59.1 Å². The Labute approximate surface area is 459 Å². The number of hydrogen-bond donors (Lipinski definition) is 5. The number of ether oxygens (including phenoxy) is 3. The Hall–Kier alpha value is -2.76. The van der Waals surface area contributed by atoms with Crippen LogP contribution < -0.4 is 21.3 Å². The van der Waals surface area contributed by atoms with Crippen LogP contribution in [-0.4, -0.2) is 134 Å². The minimum Gasteiger partial charge on any atom is -0.481 e. The summed E-state index contributed by atoms with van der Waals surface area (Å²) >= 11 is 2.89. The van der Waals surface area contributed by atoms with Gasteiger partial charge in [0, 0.05) is 46.2 Å². The number of aliphatic carboxylic acids is 1. The molecule has 0 aromatic heterocycles. The van der Waals surface area contributed by atoms with Gasteiger partial charge in [0.1, 0.15) is 29.4 Å². The van der Waals surface area contributed by atoms with Crippen LogP contribution in [-0.2, 0) is 33.4 Å². The first kappa shape index (κ1) is 75.8. The van der Waals surface area contributed by atoms with Crippen molar-refractivity contribution < 1.29 is 48.1 Å². The average Bonchev–Trinajstić information content (AvgIpc) is 3.22. The van der Waals surface area contributed by atoms with Crippen molar-refractivity contribution in [1.29, 1.82) is 10.5 Å². The molecule has 0 spiro atoms. The van der Waals surface area contributed by atoms with Crippen LogP contribution in [0.3, 0.4) is 0 Å². The summed E-state index contributed by atoms with van der Waals surface area (Å²) in [5, 5.41) is 36.3. The first-order valence-corrected chi connectivity index (χ1v) is 30.3. The number of carboxylic acid groups (broad SMARTS) is 1. The number of unbranched alkanes of at least 4 members (excludes halogenated alkanes) is 2. The third-order valence-electron chi connectivity index (χ3n) is 8.68. The summed E-state index contributed by atoms with van der Waals surface area (Å²) in [5.74, 6) is -1.58. The number of nitrogens with one attached hydrogen (secondary N) is 4. The average molecular weight is 1160 g/mol. The minimum absolute atomic E-state index is 0.0304. The van der Waals surface area contributed by atoms with Crippen molar-refractivity contribution >= 4 is 95.0 Å². The molecular formula is C50H94BrN7O10S4. The lowest BCUT2D eigenvalue weighted by Crippen LogP contribution is -2.49. The molecule has 0 unspecified atom stereocenters. The fourth-order valence-electron chi connectivity index (χ4n) is 5.46. The second kappa shape index (κ2) is 41.5. The van der Waals surface area contributed by atoms with Gasteiger partial charge in [-0.2, -0.15) is 10.5 Å². The second-order valence-corrected chi connectivity index (χ2v) is 28.0. The van der Waals surface area contributed by atoms with Gasteiger partial charge < -0.3 is 40.6 Å². The topological polar surface area (TPSA) is 249 Å². The Morgan fingerprint density at radius 3 is 1.25 bits per heavy atom. The number of amides is 4. The van der Waals surface area contributed by atoms with Crippen LogP contribution in [0.4, 0.5) is 9.59 Å². The molecule has 0 aliphatic heterocycles. The highest BCUT2D eigenvalue weighted by molar-refractivity contribution is 9.09. The maximum Gasteiger partial charge on any atom is 0.408 e. The fraction of sp³-hybridized carbons (Fsp3) is 0.840. The number of carboxylic acids is 1. The smallest absolute Gasteiger partial charge is 0.408 e. The third kappa shape index (κ3) is 50.8. The van der Waals surface area contributed by atoms with Gasteiger partial charge in [0.15, 0.2) is 6.61 Å². The van der Waals surface area contributed by atoms with Crippen LogP contribution in [0, 0.1) is 34.5 Å². The minimum atomic E-state index is -0.806. The summed E-state index contributed by atoms with van der Waals surface area (Å²) < 4.78 is 15.4. The summed E-state index contributed by atoms with van der Waals surface area (Å²) in [5.41, 5.74) is -1.29. The van der Waals surface area contributed by atoms with Crippen molar-refractivity contribution in [3.63, 3.8) is 0 Å². The molecule has 0 heterocycles. The zero-order valence-electron chi connectivity index (χ0n) is 47.1. The number of esters is 1. The van der Waals surface area contributed by atoms with Gasteiger partial charge >= 0.3 is 24.1 Å². The van der Waals surface area contributed by atoms with E-state index in [0.717, 1.165) is 13.0 Å². The van der Waals surface area contributed by atoms with E-state index in [4.69, 9.17) is 29.8 Å². The van der Waals surface area contributed by atoms with Crippen molar-refractivity contribution in [3.05, 3.63) is 0 Å². The molecule has 0 aliphatic carbocycles. The Bertz CT molecular complexity index is 1620. The van der Waals surface area contributed by atoms with Gasteiger partial charge in [0.25, 0.3) is 0 Å². The monoisotopic (exact) mass is 1160 g/mol. The number of hydrogen-bond acceptors (Lipinski definition) is 16. The maximum atomic E-state index is 12.6. The van der Waals surface area contributed by atoms with Crippen LogP contribution in [0.5, 0.6) is 0 Å². The lowest BCUT2D eigenvalue weighted by atomic mass is 10.0. The molecule has 17 nitrogen and oxygen atoms in total. The molecule has 0 fully saturated rings. The van der Waals surface area contributed by atoms with E-state index < -0.39 is 41.4 Å². The van der Waals surface area contributed by atoms with Gasteiger partial charge in [-0.05, 0) is 101 Å². The molecule has 0 aromatic carbocycles. The number of alkyl halides is 1. The molecular weight excluding hydrogens is 1070 g/mol. The lowest BCUT2D eigenvalue weighted by molar-refractivity contribution is -0.146. The lowest BCUT2D eigenvalue weighted by Gasteiger charge is -2.28. The van der Waals surface area contributed by atoms with E-state index in [1.165, 1.54) is 21.6 Å². The molecule has 0 rings (SSSR count). The molecule has 72 heavy (non-hydrogen) atoms. The zero-order chi connectivity index (χ0) is 56.9. The molecule has 0 radical (unpaired) electrons. The zero-order valence-corrected chi connectivity index (χ0v) is 52.0. The Balaban J connectivity index is -0.000000516. The maximum absolute atomic E-state index is 12.6. The summed E-state index contributed by atoms with van der Waals surface area (Å²) in [7, 11) is 6.34.